The van der Waals surface area contributed by atoms with Crippen LogP contribution in [0.25, 0.3) is 10.9 Å². The Bertz CT molecular complexity index is 1510. The van der Waals surface area contributed by atoms with Crippen LogP contribution in [0.1, 0.15) is 19.0 Å². The van der Waals surface area contributed by atoms with Gasteiger partial charge in [-0.1, -0.05) is 13.0 Å². The first-order valence-corrected chi connectivity index (χ1v) is 15.1. The minimum Gasteiger partial charge on any atom is -0.493 e. The smallest absolute Gasteiger partial charge is 0.325 e. The summed E-state index contributed by atoms with van der Waals surface area (Å²) in [5.74, 6) is 0.960. The normalized spacial score (nSPS) is 12.8. The Morgan fingerprint density at radius 3 is 2.78 bits per heavy atom. The Morgan fingerprint density at radius 2 is 2.00 bits per heavy atom. The number of fused-ring (bicyclic) bond motifs is 1. The highest BCUT2D eigenvalue weighted by Crippen LogP contribution is 2.36. The molecule has 2 aromatic heterocycles. The fraction of sp³-hybridized carbons (Fsp3) is 0.333. The van der Waals surface area contributed by atoms with Gasteiger partial charge in [0.1, 0.15) is 23.7 Å². The van der Waals surface area contributed by atoms with Crippen LogP contribution in [-0.2, 0) is 20.3 Å². The first kappa shape index (κ1) is 30.1. The molecule has 14 heteroatoms. The zero-order valence-electron chi connectivity index (χ0n) is 22.8. The first-order valence-electron chi connectivity index (χ1n) is 13.1. The average Bonchev–Trinajstić information content (AvgIpc) is 3.35. The zero-order chi connectivity index (χ0) is 29.2. The van der Waals surface area contributed by atoms with Gasteiger partial charge in [0.25, 0.3) is 0 Å². The fourth-order valence-electron chi connectivity index (χ4n) is 4.05. The molecule has 0 bridgehead atoms. The molecule has 1 unspecified atom stereocenters. The number of hydrogen-bond acceptors (Lipinski definition) is 9. The molecule has 0 aliphatic rings. The predicted molar refractivity (Wildman–Crippen MR) is 154 cm³/mol. The van der Waals surface area contributed by atoms with E-state index in [1.54, 1.807) is 12.1 Å². The first-order chi connectivity index (χ1) is 19.7. The molecule has 4 aromatic rings. The SMILES string of the molecule is CCN(CCCOc1ccc2c(Nc3cc(CC(=O)Nc4cccc(F)c4)[nH]n3)ncnc2c1)CCOP(C)(=O)O. The molecular formula is C27H33FN7O5P. The van der Waals surface area contributed by atoms with E-state index in [0.29, 0.717) is 47.4 Å². The lowest BCUT2D eigenvalue weighted by Gasteiger charge is -2.20. The highest BCUT2D eigenvalue weighted by molar-refractivity contribution is 7.51. The maximum Gasteiger partial charge on any atom is 0.325 e. The second-order valence-corrected chi connectivity index (χ2v) is 11.2. The molecule has 0 saturated carbocycles. The molecule has 0 spiro atoms. The molecule has 1 atom stereocenters. The van der Waals surface area contributed by atoms with E-state index >= 15 is 0 Å². The molecule has 1 amide bonds. The standard InChI is InChI=1S/C27H33FN7O5P/c1-3-35(11-13-40-41(2,37)38)10-5-12-39-22-8-9-23-24(17-22)29-18-30-27(23)32-25-15-21(33-34-25)16-26(36)31-20-7-4-6-19(28)14-20/h4,6-9,14-15,17-18H,3,5,10-13,16H2,1-2H3,(H,31,36)(H,37,38)(H2,29,30,32,33,34). The van der Waals surface area contributed by atoms with Gasteiger partial charge in [0.15, 0.2) is 5.82 Å². The number of carbonyl (C=O) groups is 1. The third-order valence-electron chi connectivity index (χ3n) is 6.02. The third kappa shape index (κ3) is 9.61. The second-order valence-electron chi connectivity index (χ2n) is 9.31. The Labute approximate surface area is 236 Å². The van der Waals surface area contributed by atoms with Crippen molar-refractivity contribution in [2.75, 3.05) is 50.1 Å². The molecule has 12 nitrogen and oxygen atoms in total. The Balaban J connectivity index is 1.28. The van der Waals surface area contributed by atoms with Crippen molar-refractivity contribution < 1.29 is 27.9 Å². The number of likely N-dealkylation sites (N-methyl/N-ethyl adjacent to an activating group) is 1. The number of ether oxygens (including phenoxy) is 1. The number of aromatic nitrogens is 4. The van der Waals surface area contributed by atoms with Crippen molar-refractivity contribution in [3.63, 3.8) is 0 Å². The topological polar surface area (TPSA) is 155 Å². The van der Waals surface area contributed by atoms with Crippen LogP contribution in [0.2, 0.25) is 0 Å². The Kier molecular flexibility index (Phi) is 10.4. The van der Waals surface area contributed by atoms with Gasteiger partial charge in [-0.05, 0) is 43.3 Å². The quantitative estimate of drug-likeness (QED) is 0.117. The zero-order valence-corrected chi connectivity index (χ0v) is 23.7. The van der Waals surface area contributed by atoms with Crippen LogP contribution in [0.5, 0.6) is 5.75 Å². The number of benzene rings is 2. The van der Waals surface area contributed by atoms with Gasteiger partial charge >= 0.3 is 7.60 Å². The number of hydrogen-bond donors (Lipinski definition) is 4. The van der Waals surface area contributed by atoms with Gasteiger partial charge in [-0.2, -0.15) is 5.10 Å². The number of nitrogens with zero attached hydrogens (tertiary/aromatic N) is 4. The van der Waals surface area contributed by atoms with Crippen LogP contribution >= 0.6 is 7.60 Å². The van der Waals surface area contributed by atoms with Gasteiger partial charge in [0.05, 0.1) is 25.2 Å². The monoisotopic (exact) mass is 585 g/mol. The van der Waals surface area contributed by atoms with Crippen LogP contribution in [-0.4, -0.2) is 75.4 Å². The lowest BCUT2D eigenvalue weighted by atomic mass is 10.2. The molecule has 0 saturated heterocycles. The summed E-state index contributed by atoms with van der Waals surface area (Å²) in [5.41, 5.74) is 1.64. The summed E-state index contributed by atoms with van der Waals surface area (Å²) in [6.45, 7) is 6.03. The van der Waals surface area contributed by atoms with E-state index in [4.69, 9.17) is 9.26 Å². The van der Waals surface area contributed by atoms with Crippen LogP contribution in [0.15, 0.2) is 54.9 Å². The number of amides is 1. The van der Waals surface area contributed by atoms with Gasteiger partial charge in [-0.3, -0.25) is 14.5 Å². The highest BCUT2D eigenvalue weighted by Gasteiger charge is 2.12. The molecule has 4 N–H and O–H groups in total. The number of carbonyl (C=O) groups excluding carboxylic acids is 1. The van der Waals surface area contributed by atoms with E-state index in [1.165, 1.54) is 31.2 Å². The van der Waals surface area contributed by atoms with E-state index in [1.807, 2.05) is 25.1 Å². The van der Waals surface area contributed by atoms with Gasteiger partial charge < -0.3 is 29.7 Å². The minimum atomic E-state index is -3.46. The molecule has 0 aliphatic carbocycles. The number of aromatic amines is 1. The average molecular weight is 586 g/mol. The van der Waals surface area contributed by atoms with Crippen molar-refractivity contribution in [1.29, 1.82) is 0 Å². The lowest BCUT2D eigenvalue weighted by Crippen LogP contribution is -2.29. The summed E-state index contributed by atoms with van der Waals surface area (Å²) >= 11 is 0. The summed E-state index contributed by atoms with van der Waals surface area (Å²) in [4.78, 5) is 32.4. The Morgan fingerprint density at radius 1 is 1.15 bits per heavy atom. The van der Waals surface area contributed by atoms with Crippen molar-refractivity contribution in [3.05, 3.63) is 66.4 Å². The maximum absolute atomic E-state index is 13.3. The van der Waals surface area contributed by atoms with E-state index in [0.717, 1.165) is 24.9 Å². The molecular weight excluding hydrogens is 552 g/mol. The number of H-pyrrole nitrogens is 1. The summed E-state index contributed by atoms with van der Waals surface area (Å²) in [7, 11) is -3.46. The van der Waals surface area contributed by atoms with Crippen molar-refractivity contribution in [2.24, 2.45) is 0 Å². The van der Waals surface area contributed by atoms with Gasteiger partial charge in [-0.25, -0.2) is 14.4 Å². The van der Waals surface area contributed by atoms with Crippen molar-refractivity contribution in [1.82, 2.24) is 25.1 Å². The van der Waals surface area contributed by atoms with Gasteiger partial charge in [-0.15, -0.1) is 0 Å². The third-order valence-corrected chi connectivity index (χ3v) is 6.68. The summed E-state index contributed by atoms with van der Waals surface area (Å²) in [5, 5.41) is 13.6. The van der Waals surface area contributed by atoms with E-state index in [2.05, 4.69) is 35.7 Å². The molecule has 4 rings (SSSR count). The highest BCUT2D eigenvalue weighted by atomic mass is 31.2. The molecule has 0 fully saturated rings. The number of rotatable bonds is 15. The van der Waals surface area contributed by atoms with Crippen molar-refractivity contribution >= 4 is 41.7 Å². The van der Waals surface area contributed by atoms with E-state index < -0.39 is 13.4 Å². The molecule has 0 aliphatic heterocycles. The van der Waals surface area contributed by atoms with E-state index in [9.17, 15) is 18.6 Å². The number of halogens is 1. The molecule has 2 heterocycles. The lowest BCUT2D eigenvalue weighted by molar-refractivity contribution is -0.115. The van der Waals surface area contributed by atoms with Gasteiger partial charge in [0, 0.05) is 48.7 Å². The van der Waals surface area contributed by atoms with Crippen LogP contribution < -0.4 is 15.4 Å². The van der Waals surface area contributed by atoms with Crippen LogP contribution in [0, 0.1) is 5.82 Å². The molecule has 218 valence electrons. The van der Waals surface area contributed by atoms with E-state index in [-0.39, 0.29) is 18.9 Å². The largest absolute Gasteiger partial charge is 0.493 e. The summed E-state index contributed by atoms with van der Waals surface area (Å²) in [6.07, 6.45) is 2.24. The maximum atomic E-state index is 13.3. The molecule has 2 aromatic carbocycles. The number of anilines is 3. The fourth-order valence-corrected chi connectivity index (χ4v) is 4.47. The van der Waals surface area contributed by atoms with Crippen molar-refractivity contribution in [3.8, 4) is 5.75 Å². The number of nitrogens with one attached hydrogen (secondary N) is 3. The summed E-state index contributed by atoms with van der Waals surface area (Å²) < 4.78 is 35.5. The molecule has 41 heavy (non-hydrogen) atoms. The van der Waals surface area contributed by atoms with Gasteiger partial charge in [0.2, 0.25) is 5.91 Å². The summed E-state index contributed by atoms with van der Waals surface area (Å²) in [6, 6.07) is 12.9. The van der Waals surface area contributed by atoms with Crippen molar-refractivity contribution in [2.45, 2.75) is 19.8 Å². The molecule has 0 radical (unpaired) electrons. The minimum absolute atomic E-state index is 0.0314. The van der Waals surface area contributed by atoms with Crippen LogP contribution in [0.3, 0.4) is 0 Å². The second kappa shape index (κ2) is 14.1. The predicted octanol–water partition coefficient (Wildman–Crippen LogP) is 4.34. The van der Waals surface area contributed by atoms with Crippen LogP contribution in [0.4, 0.5) is 21.7 Å². The Hall–Kier alpha value is -3.90.